The first kappa shape index (κ1) is 11.8. The van der Waals surface area contributed by atoms with Gasteiger partial charge in [0.25, 0.3) is 0 Å². The number of primary amides is 1. The van der Waals surface area contributed by atoms with Gasteiger partial charge in [-0.05, 0) is 24.8 Å². The van der Waals surface area contributed by atoms with Gasteiger partial charge in [-0.15, -0.1) is 0 Å². The summed E-state index contributed by atoms with van der Waals surface area (Å²) in [6.45, 7) is 0. The van der Waals surface area contributed by atoms with Gasteiger partial charge < -0.3 is 20.6 Å². The number of para-hydroxylation sites is 1. The third kappa shape index (κ3) is 1.69. The van der Waals surface area contributed by atoms with Crippen molar-refractivity contribution in [3.05, 3.63) is 35.0 Å². The number of nitrogens with one attached hydrogen (secondary N) is 1. The molecule has 0 saturated heterocycles. The largest absolute Gasteiger partial charge is 0.545 e. The predicted molar refractivity (Wildman–Crippen MR) is 67.5 cm³/mol. The Labute approximate surface area is 109 Å². The molecule has 0 saturated carbocycles. The molecule has 1 aromatic heterocycles. The minimum atomic E-state index is -1.22. The Kier molecular flexibility index (Phi) is 2.55. The summed E-state index contributed by atoms with van der Waals surface area (Å²) in [5.74, 6) is -1.95. The molecule has 0 unspecified atom stereocenters. The first-order chi connectivity index (χ1) is 9.09. The highest BCUT2D eigenvalue weighted by molar-refractivity contribution is 6.03. The molecular weight excluding hydrogens is 244 g/mol. The molecule has 1 aliphatic rings. The molecule has 2 aromatic rings. The molecule has 5 heteroatoms. The van der Waals surface area contributed by atoms with Gasteiger partial charge >= 0.3 is 0 Å². The van der Waals surface area contributed by atoms with Crippen molar-refractivity contribution < 1.29 is 14.7 Å². The first-order valence-electron chi connectivity index (χ1n) is 6.23. The van der Waals surface area contributed by atoms with Gasteiger partial charge in [0.05, 0.1) is 17.4 Å². The van der Waals surface area contributed by atoms with Crippen molar-refractivity contribution in [1.82, 2.24) is 4.98 Å². The molecule has 5 nitrogen and oxygen atoms in total. The van der Waals surface area contributed by atoms with Crippen LogP contribution in [0.15, 0.2) is 18.2 Å². The van der Waals surface area contributed by atoms with Crippen molar-refractivity contribution in [3.63, 3.8) is 0 Å². The number of aromatic amines is 1. The predicted octanol–water partition coefficient (Wildman–Crippen LogP) is 0.437. The van der Waals surface area contributed by atoms with Crippen LogP contribution in [0.3, 0.4) is 0 Å². The van der Waals surface area contributed by atoms with Crippen molar-refractivity contribution in [2.45, 2.75) is 25.2 Å². The number of hydrogen-bond donors (Lipinski definition) is 2. The van der Waals surface area contributed by atoms with E-state index < -0.39 is 5.97 Å². The maximum Gasteiger partial charge on any atom is 0.226 e. The summed E-state index contributed by atoms with van der Waals surface area (Å²) < 4.78 is 0. The van der Waals surface area contributed by atoms with Gasteiger partial charge in [-0.1, -0.05) is 18.2 Å². The van der Waals surface area contributed by atoms with Gasteiger partial charge in [0.1, 0.15) is 0 Å². The number of carbonyl (C=O) groups excluding carboxylic acids is 2. The Balaban J connectivity index is 2.29. The number of aromatic carboxylic acids is 1. The normalized spacial score (nSPS) is 18.2. The highest BCUT2D eigenvalue weighted by Gasteiger charge is 2.28. The SMILES string of the molecule is NC(=O)[C@H]1CCCc2c1[nH]c1c(C(=O)[O-])cccc21. The van der Waals surface area contributed by atoms with Crippen LogP contribution in [-0.2, 0) is 11.2 Å². The molecule has 1 aliphatic carbocycles. The molecular formula is C14H13N2O3-. The maximum absolute atomic E-state index is 11.5. The second-order valence-corrected chi connectivity index (χ2v) is 4.88. The molecule has 3 rings (SSSR count). The van der Waals surface area contributed by atoms with Crippen molar-refractivity contribution in [1.29, 1.82) is 0 Å². The highest BCUT2D eigenvalue weighted by Crippen LogP contribution is 2.36. The fraction of sp³-hybridized carbons (Fsp3) is 0.286. The van der Waals surface area contributed by atoms with Crippen molar-refractivity contribution in [3.8, 4) is 0 Å². The van der Waals surface area contributed by atoms with E-state index in [0.717, 1.165) is 29.5 Å². The average Bonchev–Trinajstić information content (AvgIpc) is 2.76. The van der Waals surface area contributed by atoms with Crippen LogP contribution < -0.4 is 10.8 Å². The molecule has 0 bridgehead atoms. The summed E-state index contributed by atoms with van der Waals surface area (Å²) >= 11 is 0. The minimum absolute atomic E-state index is 0.120. The Morgan fingerprint density at radius 1 is 1.37 bits per heavy atom. The second kappa shape index (κ2) is 4.12. The van der Waals surface area contributed by atoms with Crippen LogP contribution in [0.25, 0.3) is 10.9 Å². The zero-order valence-electron chi connectivity index (χ0n) is 10.2. The fourth-order valence-corrected chi connectivity index (χ4v) is 2.94. The molecule has 1 heterocycles. The highest BCUT2D eigenvalue weighted by atomic mass is 16.4. The van der Waals surface area contributed by atoms with Crippen LogP contribution >= 0.6 is 0 Å². The number of hydrogen-bond acceptors (Lipinski definition) is 3. The van der Waals surface area contributed by atoms with Crippen LogP contribution in [0.4, 0.5) is 0 Å². The van der Waals surface area contributed by atoms with Crippen molar-refractivity contribution in [2.75, 3.05) is 0 Å². The maximum atomic E-state index is 11.5. The van der Waals surface area contributed by atoms with E-state index in [1.54, 1.807) is 6.07 Å². The number of aromatic nitrogens is 1. The lowest BCUT2D eigenvalue weighted by atomic mass is 9.86. The fourth-order valence-electron chi connectivity index (χ4n) is 2.94. The zero-order chi connectivity index (χ0) is 13.6. The lowest BCUT2D eigenvalue weighted by Gasteiger charge is -2.19. The molecule has 1 aromatic carbocycles. The lowest BCUT2D eigenvalue weighted by Crippen LogP contribution is -2.25. The summed E-state index contributed by atoms with van der Waals surface area (Å²) in [5.41, 5.74) is 7.84. The summed E-state index contributed by atoms with van der Waals surface area (Å²) in [5, 5.41) is 12.0. The summed E-state index contributed by atoms with van der Waals surface area (Å²) in [7, 11) is 0. The van der Waals surface area contributed by atoms with Gasteiger partial charge in [-0.2, -0.15) is 0 Å². The van der Waals surface area contributed by atoms with Gasteiger partial charge in [0.2, 0.25) is 5.91 Å². The number of benzene rings is 1. The number of fused-ring (bicyclic) bond motifs is 3. The number of rotatable bonds is 2. The van der Waals surface area contributed by atoms with Gasteiger partial charge in [0, 0.05) is 16.6 Å². The smallest absolute Gasteiger partial charge is 0.226 e. The standard InChI is InChI=1S/C14H14N2O3/c15-13(17)9-5-1-3-7-8-4-2-6-10(14(18)19)12(8)16-11(7)9/h2,4,6,9,16H,1,3,5H2,(H2,15,17)(H,18,19)/p-1/t9-/m0/s1. The first-order valence-corrected chi connectivity index (χ1v) is 6.23. The molecule has 0 radical (unpaired) electrons. The van der Waals surface area contributed by atoms with E-state index in [1.165, 1.54) is 6.07 Å². The molecule has 0 fully saturated rings. The molecule has 19 heavy (non-hydrogen) atoms. The number of carboxylic acid groups (broad SMARTS) is 1. The number of H-pyrrole nitrogens is 1. The van der Waals surface area contributed by atoms with E-state index in [1.807, 2.05) is 6.07 Å². The van der Waals surface area contributed by atoms with Crippen molar-refractivity contribution >= 4 is 22.8 Å². The Morgan fingerprint density at radius 3 is 2.84 bits per heavy atom. The Morgan fingerprint density at radius 2 is 2.16 bits per heavy atom. The Bertz CT molecular complexity index is 687. The third-order valence-corrected chi connectivity index (χ3v) is 3.81. The third-order valence-electron chi connectivity index (χ3n) is 3.81. The second-order valence-electron chi connectivity index (χ2n) is 4.88. The molecule has 1 amide bonds. The van der Waals surface area contributed by atoms with Crippen LogP contribution in [0.1, 0.15) is 40.4 Å². The van der Waals surface area contributed by atoms with Crippen LogP contribution in [0, 0.1) is 0 Å². The van der Waals surface area contributed by atoms with Crippen LogP contribution in [-0.4, -0.2) is 16.9 Å². The van der Waals surface area contributed by atoms with E-state index in [4.69, 9.17) is 5.73 Å². The van der Waals surface area contributed by atoms with E-state index in [9.17, 15) is 14.7 Å². The topological polar surface area (TPSA) is 99.0 Å². The zero-order valence-corrected chi connectivity index (χ0v) is 10.2. The van der Waals surface area contributed by atoms with E-state index >= 15 is 0 Å². The number of amides is 1. The van der Waals surface area contributed by atoms with Gasteiger partial charge in [-0.3, -0.25) is 4.79 Å². The van der Waals surface area contributed by atoms with Gasteiger partial charge in [0.15, 0.2) is 0 Å². The van der Waals surface area contributed by atoms with E-state index in [-0.39, 0.29) is 17.4 Å². The molecule has 0 aliphatic heterocycles. The number of carbonyl (C=O) groups is 2. The molecule has 0 spiro atoms. The van der Waals surface area contributed by atoms with Crippen LogP contribution in [0.2, 0.25) is 0 Å². The van der Waals surface area contributed by atoms with E-state index in [0.29, 0.717) is 11.9 Å². The molecule has 3 N–H and O–H groups in total. The summed E-state index contributed by atoms with van der Waals surface area (Å²) in [6, 6.07) is 5.05. The number of aryl methyl sites for hydroxylation is 1. The van der Waals surface area contributed by atoms with E-state index in [2.05, 4.69) is 4.98 Å². The monoisotopic (exact) mass is 257 g/mol. The quantitative estimate of drug-likeness (QED) is 0.816. The summed E-state index contributed by atoms with van der Waals surface area (Å²) in [6.07, 6.45) is 2.41. The average molecular weight is 257 g/mol. The lowest BCUT2D eigenvalue weighted by molar-refractivity contribution is -0.254. The summed E-state index contributed by atoms with van der Waals surface area (Å²) in [4.78, 5) is 25.7. The van der Waals surface area contributed by atoms with Crippen LogP contribution in [0.5, 0.6) is 0 Å². The van der Waals surface area contributed by atoms with Gasteiger partial charge in [-0.25, -0.2) is 0 Å². The number of carboxylic acids is 1. The minimum Gasteiger partial charge on any atom is -0.545 e. The Hall–Kier alpha value is -2.30. The number of nitrogens with two attached hydrogens (primary N) is 1. The molecule has 1 atom stereocenters. The van der Waals surface area contributed by atoms with Crippen molar-refractivity contribution in [2.24, 2.45) is 5.73 Å². The molecule has 98 valence electrons.